The van der Waals surface area contributed by atoms with Crippen LogP contribution in [0.25, 0.3) is 0 Å². The lowest BCUT2D eigenvalue weighted by Crippen LogP contribution is -2.41. The molecule has 0 saturated carbocycles. The third kappa shape index (κ3) is 5.71. The molecule has 1 saturated heterocycles. The number of sulfonamides is 1. The Morgan fingerprint density at radius 2 is 1.70 bits per heavy atom. The highest BCUT2D eigenvalue weighted by Gasteiger charge is 2.23. The molecule has 0 aliphatic carbocycles. The number of hydrogen-bond donors (Lipinski definition) is 1. The van der Waals surface area contributed by atoms with Crippen LogP contribution in [0.5, 0.6) is 5.75 Å². The highest BCUT2D eigenvalue weighted by Crippen LogP contribution is 2.23. The van der Waals surface area contributed by atoms with E-state index >= 15 is 0 Å². The number of rotatable bonds is 7. The van der Waals surface area contributed by atoms with Crippen molar-refractivity contribution in [3.8, 4) is 5.75 Å². The summed E-state index contributed by atoms with van der Waals surface area (Å²) in [5.74, 6) is 0.447. The topological polar surface area (TPSA) is 84.9 Å². The second kappa shape index (κ2) is 10.1. The molecule has 3 aromatic rings. The number of hydrogen-bond acceptors (Lipinski definition) is 5. The van der Waals surface area contributed by atoms with Crippen LogP contribution in [-0.2, 0) is 21.4 Å². The van der Waals surface area contributed by atoms with Gasteiger partial charge in [0.15, 0.2) is 0 Å². The molecule has 1 aliphatic heterocycles. The Bertz CT molecular complexity index is 1210. The molecule has 3 aromatic carbocycles. The van der Waals surface area contributed by atoms with Crippen molar-refractivity contribution in [3.63, 3.8) is 0 Å². The first kappa shape index (κ1) is 22.8. The van der Waals surface area contributed by atoms with Gasteiger partial charge in [-0.05, 0) is 54.4 Å². The molecule has 1 N–H and O–H groups in total. The minimum Gasteiger partial charge on any atom is -0.489 e. The van der Waals surface area contributed by atoms with Crippen LogP contribution >= 0.6 is 0 Å². The quantitative estimate of drug-likeness (QED) is 0.572. The van der Waals surface area contributed by atoms with Crippen LogP contribution in [0.2, 0.25) is 0 Å². The monoisotopic (exact) mass is 466 g/mol. The average molecular weight is 467 g/mol. The second-order valence-electron chi connectivity index (χ2n) is 7.79. The molecule has 0 bridgehead atoms. The smallest absolute Gasteiger partial charge is 0.261 e. The highest BCUT2D eigenvalue weighted by atomic mass is 32.2. The highest BCUT2D eigenvalue weighted by molar-refractivity contribution is 7.92. The molecule has 33 heavy (non-hydrogen) atoms. The van der Waals surface area contributed by atoms with Crippen LogP contribution < -0.4 is 9.46 Å². The second-order valence-corrected chi connectivity index (χ2v) is 9.47. The lowest BCUT2D eigenvalue weighted by Gasteiger charge is -2.27. The Morgan fingerprint density at radius 3 is 2.39 bits per heavy atom. The number of aryl methyl sites for hydroxylation is 1. The molecular formula is C25H26N2O5S. The summed E-state index contributed by atoms with van der Waals surface area (Å²) in [6.07, 6.45) is 0. The van der Waals surface area contributed by atoms with E-state index in [9.17, 15) is 13.2 Å². The summed E-state index contributed by atoms with van der Waals surface area (Å²) >= 11 is 0. The van der Waals surface area contributed by atoms with Gasteiger partial charge in [-0.2, -0.15) is 0 Å². The van der Waals surface area contributed by atoms with Crippen LogP contribution in [0.1, 0.15) is 21.5 Å². The van der Waals surface area contributed by atoms with Crippen molar-refractivity contribution in [2.75, 3.05) is 31.0 Å². The number of nitrogens with one attached hydrogen (secondary N) is 1. The molecule has 1 aliphatic rings. The van der Waals surface area contributed by atoms with Gasteiger partial charge in [0.05, 0.1) is 18.1 Å². The molecule has 1 amide bonds. The number of ether oxygens (including phenoxy) is 2. The molecule has 4 rings (SSSR count). The summed E-state index contributed by atoms with van der Waals surface area (Å²) in [6, 6.07) is 21.1. The van der Waals surface area contributed by atoms with E-state index in [0.717, 1.165) is 11.1 Å². The summed E-state index contributed by atoms with van der Waals surface area (Å²) in [6.45, 7) is 4.17. The number of anilines is 1. The van der Waals surface area contributed by atoms with Crippen molar-refractivity contribution in [1.29, 1.82) is 0 Å². The van der Waals surface area contributed by atoms with Gasteiger partial charge < -0.3 is 14.4 Å². The summed E-state index contributed by atoms with van der Waals surface area (Å²) in [7, 11) is -3.87. The van der Waals surface area contributed by atoms with E-state index in [0.29, 0.717) is 49.9 Å². The van der Waals surface area contributed by atoms with Crippen molar-refractivity contribution in [2.45, 2.75) is 18.4 Å². The first-order valence-electron chi connectivity index (χ1n) is 10.7. The van der Waals surface area contributed by atoms with E-state index in [1.807, 2.05) is 30.3 Å². The van der Waals surface area contributed by atoms with Gasteiger partial charge in [0.1, 0.15) is 12.4 Å². The minimum atomic E-state index is -3.87. The Kier molecular flexibility index (Phi) is 6.96. The maximum atomic E-state index is 13.0. The van der Waals surface area contributed by atoms with Gasteiger partial charge in [-0.15, -0.1) is 0 Å². The molecule has 0 aromatic heterocycles. The Morgan fingerprint density at radius 1 is 1.00 bits per heavy atom. The van der Waals surface area contributed by atoms with E-state index < -0.39 is 10.0 Å². The first-order chi connectivity index (χ1) is 15.9. The predicted octanol–water partition coefficient (Wildman–Crippen LogP) is 3.85. The van der Waals surface area contributed by atoms with Gasteiger partial charge in [-0.3, -0.25) is 9.52 Å². The summed E-state index contributed by atoms with van der Waals surface area (Å²) in [5.41, 5.74) is 2.56. The average Bonchev–Trinajstić information content (AvgIpc) is 2.84. The number of benzene rings is 3. The SMILES string of the molecule is Cc1ccc(S(=O)(=O)Nc2ccc(OCc3ccccc3)cc2)cc1C(=O)N1CCOCC1. The van der Waals surface area contributed by atoms with Crippen LogP contribution in [0.3, 0.4) is 0 Å². The van der Waals surface area contributed by atoms with Crippen molar-refractivity contribution in [3.05, 3.63) is 89.5 Å². The zero-order valence-electron chi connectivity index (χ0n) is 18.4. The predicted molar refractivity (Wildman–Crippen MR) is 126 cm³/mol. The standard InChI is InChI=1S/C25H26N2O5S/c1-19-7-12-23(17-24(19)25(28)27-13-15-31-16-14-27)33(29,30)26-21-8-10-22(11-9-21)32-18-20-5-3-2-4-6-20/h2-12,17,26H,13-16,18H2,1H3. The molecule has 172 valence electrons. The third-order valence-corrected chi connectivity index (χ3v) is 6.78. The zero-order valence-corrected chi connectivity index (χ0v) is 19.2. The van der Waals surface area contributed by atoms with Crippen molar-refractivity contribution in [2.24, 2.45) is 0 Å². The van der Waals surface area contributed by atoms with E-state index in [4.69, 9.17) is 9.47 Å². The van der Waals surface area contributed by atoms with Crippen molar-refractivity contribution < 1.29 is 22.7 Å². The Balaban J connectivity index is 1.45. The number of morpholine rings is 1. The van der Waals surface area contributed by atoms with Crippen LogP contribution in [0.4, 0.5) is 5.69 Å². The van der Waals surface area contributed by atoms with E-state index in [1.165, 1.54) is 12.1 Å². The number of carbonyl (C=O) groups excluding carboxylic acids is 1. The minimum absolute atomic E-state index is 0.0362. The van der Waals surface area contributed by atoms with Crippen LogP contribution in [0.15, 0.2) is 77.7 Å². The van der Waals surface area contributed by atoms with Crippen molar-refractivity contribution in [1.82, 2.24) is 4.90 Å². The molecule has 8 heteroatoms. The third-order valence-electron chi connectivity index (χ3n) is 5.40. The van der Waals surface area contributed by atoms with Gasteiger partial charge in [0, 0.05) is 24.3 Å². The number of amides is 1. The van der Waals surface area contributed by atoms with E-state index in [2.05, 4.69) is 4.72 Å². The van der Waals surface area contributed by atoms with E-state index in [-0.39, 0.29) is 10.8 Å². The summed E-state index contributed by atoms with van der Waals surface area (Å²) in [5, 5.41) is 0. The Hall–Kier alpha value is -3.36. The van der Waals surface area contributed by atoms with Crippen molar-refractivity contribution >= 4 is 21.6 Å². The van der Waals surface area contributed by atoms with Gasteiger partial charge in [0.25, 0.3) is 15.9 Å². The number of nitrogens with zero attached hydrogens (tertiary/aromatic N) is 1. The molecule has 0 atom stereocenters. The van der Waals surface area contributed by atoms with Gasteiger partial charge in [0.2, 0.25) is 0 Å². The molecule has 1 fully saturated rings. The fourth-order valence-electron chi connectivity index (χ4n) is 3.51. The maximum absolute atomic E-state index is 13.0. The Labute approximate surface area is 194 Å². The van der Waals surface area contributed by atoms with Gasteiger partial charge in [-0.25, -0.2) is 8.42 Å². The van der Waals surface area contributed by atoms with E-state index in [1.54, 1.807) is 42.2 Å². The molecule has 0 radical (unpaired) electrons. The molecule has 7 nitrogen and oxygen atoms in total. The summed E-state index contributed by atoms with van der Waals surface area (Å²) in [4.78, 5) is 14.6. The summed E-state index contributed by atoms with van der Waals surface area (Å²) < 4.78 is 39.6. The van der Waals surface area contributed by atoms with Gasteiger partial charge >= 0.3 is 0 Å². The molecule has 1 heterocycles. The lowest BCUT2D eigenvalue weighted by molar-refractivity contribution is 0.0302. The molecular weight excluding hydrogens is 440 g/mol. The molecule has 0 spiro atoms. The van der Waals surface area contributed by atoms with Gasteiger partial charge in [-0.1, -0.05) is 36.4 Å². The molecule has 0 unspecified atom stereocenters. The largest absolute Gasteiger partial charge is 0.489 e. The first-order valence-corrected chi connectivity index (χ1v) is 12.2. The fraction of sp³-hybridized carbons (Fsp3) is 0.240. The van der Waals surface area contributed by atoms with Crippen LogP contribution in [-0.4, -0.2) is 45.5 Å². The zero-order chi connectivity index (χ0) is 23.3. The lowest BCUT2D eigenvalue weighted by atomic mass is 10.1. The van der Waals surface area contributed by atoms with Crippen LogP contribution in [0, 0.1) is 6.92 Å². The maximum Gasteiger partial charge on any atom is 0.261 e. The fourth-order valence-corrected chi connectivity index (χ4v) is 4.59. The normalized spacial score (nSPS) is 14.0. The number of carbonyl (C=O) groups is 1.